The van der Waals surface area contributed by atoms with Crippen LogP contribution in [-0.2, 0) is 9.53 Å². The van der Waals surface area contributed by atoms with Crippen LogP contribution in [0.5, 0.6) is 5.75 Å². The topological polar surface area (TPSA) is 64.8 Å². The second kappa shape index (κ2) is 8.48. The van der Waals surface area contributed by atoms with E-state index in [4.69, 9.17) is 15.2 Å². The lowest BCUT2D eigenvalue weighted by molar-refractivity contribution is -0.141. The number of likely N-dealkylation sites (N-methyl/N-ethyl adjacent to an activating group) is 1. The van der Waals surface area contributed by atoms with E-state index in [2.05, 4.69) is 0 Å². The van der Waals surface area contributed by atoms with E-state index >= 15 is 0 Å². The minimum absolute atomic E-state index is 0. The fourth-order valence-electron chi connectivity index (χ4n) is 1.64. The van der Waals surface area contributed by atoms with Gasteiger partial charge in [-0.15, -0.1) is 12.4 Å². The molecule has 0 amide bonds. The Morgan fingerprint density at radius 3 is 2.58 bits per heavy atom. The first-order valence-corrected chi connectivity index (χ1v) is 5.96. The van der Waals surface area contributed by atoms with Crippen molar-refractivity contribution in [1.29, 1.82) is 0 Å². The molecule has 0 aromatic heterocycles. The molecular weight excluding hydrogens is 268 g/mol. The number of hydrogen-bond donors (Lipinski definition) is 1. The standard InChI is InChI=1S/C13H20N2O3.ClH/c1-4-15(9-13(16)18-5-2)10-6-7-11(14)12(8-10)17-3;/h6-8H,4-5,9,14H2,1-3H3;1H. The number of anilines is 2. The molecule has 1 aromatic rings. The summed E-state index contributed by atoms with van der Waals surface area (Å²) >= 11 is 0. The maximum Gasteiger partial charge on any atom is 0.325 e. The Labute approximate surface area is 120 Å². The van der Waals surface area contributed by atoms with E-state index in [1.165, 1.54) is 0 Å². The molecule has 1 rings (SSSR count). The number of hydrogen-bond acceptors (Lipinski definition) is 5. The van der Waals surface area contributed by atoms with Gasteiger partial charge in [0.05, 0.1) is 19.4 Å². The predicted molar refractivity (Wildman–Crippen MR) is 79.2 cm³/mol. The molecule has 108 valence electrons. The second-order valence-electron chi connectivity index (χ2n) is 3.75. The molecule has 1 aromatic carbocycles. The van der Waals surface area contributed by atoms with E-state index in [9.17, 15) is 4.79 Å². The molecule has 0 aliphatic heterocycles. The van der Waals surface area contributed by atoms with Crippen LogP contribution in [0.25, 0.3) is 0 Å². The van der Waals surface area contributed by atoms with Gasteiger partial charge in [0.25, 0.3) is 0 Å². The molecule has 0 heterocycles. The first kappa shape index (κ1) is 17.4. The van der Waals surface area contributed by atoms with Crippen molar-refractivity contribution in [3.8, 4) is 5.75 Å². The maximum atomic E-state index is 11.5. The minimum atomic E-state index is -0.241. The Bertz CT molecular complexity index is 413. The molecule has 0 spiro atoms. The molecule has 0 saturated carbocycles. The first-order valence-electron chi connectivity index (χ1n) is 5.96. The summed E-state index contributed by atoms with van der Waals surface area (Å²) in [4.78, 5) is 13.4. The van der Waals surface area contributed by atoms with Gasteiger partial charge in [-0.25, -0.2) is 0 Å². The minimum Gasteiger partial charge on any atom is -0.495 e. The summed E-state index contributed by atoms with van der Waals surface area (Å²) in [5.41, 5.74) is 7.22. The average molecular weight is 289 g/mol. The largest absolute Gasteiger partial charge is 0.495 e. The Morgan fingerprint density at radius 1 is 1.37 bits per heavy atom. The Hall–Kier alpha value is -1.62. The molecule has 0 fully saturated rings. The van der Waals surface area contributed by atoms with Crippen LogP contribution < -0.4 is 15.4 Å². The zero-order valence-electron chi connectivity index (χ0n) is 11.5. The normalized spacial score (nSPS) is 9.42. The Kier molecular flexibility index (Phi) is 7.75. The number of nitrogens with zero attached hydrogens (tertiary/aromatic N) is 1. The number of carbonyl (C=O) groups excluding carboxylic acids is 1. The van der Waals surface area contributed by atoms with Gasteiger partial charge in [-0.2, -0.15) is 0 Å². The summed E-state index contributed by atoms with van der Waals surface area (Å²) in [6, 6.07) is 5.45. The molecule has 0 aliphatic carbocycles. The quantitative estimate of drug-likeness (QED) is 0.641. The highest BCUT2D eigenvalue weighted by Gasteiger charge is 2.12. The number of halogens is 1. The summed E-state index contributed by atoms with van der Waals surface area (Å²) in [5.74, 6) is 0.366. The molecule has 0 saturated heterocycles. The number of esters is 1. The van der Waals surface area contributed by atoms with Crippen LogP contribution in [0.3, 0.4) is 0 Å². The molecule has 19 heavy (non-hydrogen) atoms. The number of ether oxygens (including phenoxy) is 2. The van der Waals surface area contributed by atoms with E-state index < -0.39 is 0 Å². The number of rotatable bonds is 6. The smallest absolute Gasteiger partial charge is 0.325 e. The van der Waals surface area contributed by atoms with Crippen LogP contribution in [0, 0.1) is 0 Å². The van der Waals surface area contributed by atoms with Gasteiger partial charge in [0.2, 0.25) is 0 Å². The average Bonchev–Trinajstić information content (AvgIpc) is 2.37. The predicted octanol–water partition coefficient (Wildman–Crippen LogP) is 2.09. The zero-order chi connectivity index (χ0) is 13.5. The molecule has 2 N–H and O–H groups in total. The molecule has 0 aliphatic rings. The molecule has 5 nitrogen and oxygen atoms in total. The van der Waals surface area contributed by atoms with Crippen molar-refractivity contribution in [3.63, 3.8) is 0 Å². The van der Waals surface area contributed by atoms with Crippen LogP contribution in [0.1, 0.15) is 13.8 Å². The third kappa shape index (κ3) is 4.87. The third-order valence-electron chi connectivity index (χ3n) is 2.59. The van der Waals surface area contributed by atoms with Crippen molar-refractivity contribution in [2.45, 2.75) is 13.8 Å². The number of nitrogen functional groups attached to an aromatic ring is 1. The van der Waals surface area contributed by atoms with E-state index in [-0.39, 0.29) is 24.9 Å². The van der Waals surface area contributed by atoms with Gasteiger partial charge in [-0.05, 0) is 26.0 Å². The maximum absolute atomic E-state index is 11.5. The molecular formula is C13H21ClN2O3. The highest BCUT2D eigenvalue weighted by molar-refractivity contribution is 5.85. The lowest BCUT2D eigenvalue weighted by Gasteiger charge is -2.22. The van der Waals surface area contributed by atoms with Crippen molar-refractivity contribution in [2.24, 2.45) is 0 Å². The van der Waals surface area contributed by atoms with Crippen molar-refractivity contribution < 1.29 is 14.3 Å². The summed E-state index contributed by atoms with van der Waals surface area (Å²) in [6.07, 6.45) is 0. The highest BCUT2D eigenvalue weighted by Crippen LogP contribution is 2.27. The summed E-state index contributed by atoms with van der Waals surface area (Å²) in [6.45, 7) is 5.08. The van der Waals surface area contributed by atoms with Crippen molar-refractivity contribution in [2.75, 3.05) is 37.4 Å². The van der Waals surface area contributed by atoms with Gasteiger partial charge in [-0.3, -0.25) is 4.79 Å². The number of benzene rings is 1. The van der Waals surface area contributed by atoms with E-state index in [0.717, 1.165) is 5.69 Å². The van der Waals surface area contributed by atoms with E-state index in [1.54, 1.807) is 20.1 Å². The third-order valence-corrected chi connectivity index (χ3v) is 2.59. The van der Waals surface area contributed by atoms with Gasteiger partial charge < -0.3 is 20.1 Å². The van der Waals surface area contributed by atoms with Crippen molar-refractivity contribution in [1.82, 2.24) is 0 Å². The number of carbonyl (C=O) groups is 1. The van der Waals surface area contributed by atoms with Crippen molar-refractivity contribution >= 4 is 29.8 Å². The SMILES string of the molecule is CCOC(=O)CN(CC)c1ccc(N)c(OC)c1.Cl. The van der Waals surface area contributed by atoms with E-state index in [1.807, 2.05) is 24.0 Å². The highest BCUT2D eigenvalue weighted by atomic mass is 35.5. The molecule has 6 heteroatoms. The fourth-order valence-corrected chi connectivity index (χ4v) is 1.64. The van der Waals surface area contributed by atoms with E-state index in [0.29, 0.717) is 24.6 Å². The first-order chi connectivity index (χ1) is 8.62. The fraction of sp³-hybridized carbons (Fsp3) is 0.462. The summed E-state index contributed by atoms with van der Waals surface area (Å²) < 4.78 is 10.1. The van der Waals surface area contributed by atoms with Gasteiger partial charge in [0, 0.05) is 18.3 Å². The van der Waals surface area contributed by atoms with Gasteiger partial charge in [0.1, 0.15) is 12.3 Å². The lowest BCUT2D eigenvalue weighted by Crippen LogP contribution is -2.30. The van der Waals surface area contributed by atoms with Crippen molar-refractivity contribution in [3.05, 3.63) is 18.2 Å². The second-order valence-corrected chi connectivity index (χ2v) is 3.75. The van der Waals surface area contributed by atoms with Gasteiger partial charge in [0.15, 0.2) is 0 Å². The molecule has 0 radical (unpaired) electrons. The molecule has 0 bridgehead atoms. The van der Waals surface area contributed by atoms with Crippen LogP contribution >= 0.6 is 12.4 Å². The lowest BCUT2D eigenvalue weighted by atomic mass is 10.2. The van der Waals surface area contributed by atoms with Crippen LogP contribution in [0.15, 0.2) is 18.2 Å². The number of methoxy groups -OCH3 is 1. The zero-order valence-corrected chi connectivity index (χ0v) is 12.3. The van der Waals surface area contributed by atoms with Gasteiger partial charge in [-0.1, -0.05) is 0 Å². The summed E-state index contributed by atoms with van der Waals surface area (Å²) in [5, 5.41) is 0. The molecule has 0 unspecified atom stereocenters. The Morgan fingerprint density at radius 2 is 2.05 bits per heavy atom. The monoisotopic (exact) mass is 288 g/mol. The Balaban J connectivity index is 0.00000324. The molecule has 0 atom stereocenters. The van der Waals surface area contributed by atoms with Crippen LogP contribution in [0.4, 0.5) is 11.4 Å². The van der Waals surface area contributed by atoms with Crippen LogP contribution in [-0.4, -0.2) is 32.8 Å². The van der Waals surface area contributed by atoms with Gasteiger partial charge >= 0.3 is 5.97 Å². The summed E-state index contributed by atoms with van der Waals surface area (Å²) in [7, 11) is 1.57. The van der Waals surface area contributed by atoms with Crippen LogP contribution in [0.2, 0.25) is 0 Å². The number of nitrogens with two attached hydrogens (primary N) is 1.